The van der Waals surface area contributed by atoms with Gasteiger partial charge in [-0.1, -0.05) is 50.2 Å². The molecule has 5 rings (SSSR count). The number of quaternary nitrogens is 1. The number of aromatic nitrogens is 1. The van der Waals surface area contributed by atoms with E-state index in [2.05, 4.69) is 24.0 Å². The predicted octanol–water partition coefficient (Wildman–Crippen LogP) is 7.67. The van der Waals surface area contributed by atoms with E-state index in [0.29, 0.717) is 39.3 Å². The van der Waals surface area contributed by atoms with Crippen LogP contribution in [0.4, 0.5) is 18.9 Å². The number of fused-ring (bicyclic) bond motifs is 1. The Bertz CT molecular complexity index is 1540. The van der Waals surface area contributed by atoms with Crippen LogP contribution in [0.3, 0.4) is 0 Å². The van der Waals surface area contributed by atoms with Crippen molar-refractivity contribution in [2.45, 2.75) is 64.6 Å². The molecule has 3 aromatic carbocycles. The van der Waals surface area contributed by atoms with Crippen LogP contribution < -0.4 is 9.80 Å². The van der Waals surface area contributed by atoms with Crippen molar-refractivity contribution >= 4 is 22.5 Å². The van der Waals surface area contributed by atoms with Crippen LogP contribution in [0.1, 0.15) is 72.6 Å². The first-order valence-electron chi connectivity index (χ1n) is 14.0. The monoisotopic (exact) mass is 548 g/mol. The molecule has 0 spiro atoms. The van der Waals surface area contributed by atoms with Gasteiger partial charge >= 0.3 is 0 Å². The molecule has 0 radical (unpaired) electrons. The van der Waals surface area contributed by atoms with Gasteiger partial charge in [-0.15, -0.1) is 0 Å². The highest BCUT2D eigenvalue weighted by atomic mass is 19.2. The Morgan fingerprint density at radius 2 is 1.62 bits per heavy atom. The second-order valence-electron chi connectivity index (χ2n) is 11.7. The molecule has 0 unspecified atom stereocenters. The molecule has 1 saturated carbocycles. The summed E-state index contributed by atoms with van der Waals surface area (Å²) < 4.78 is 45.8. The van der Waals surface area contributed by atoms with Crippen LogP contribution in [0.25, 0.3) is 10.9 Å². The SMILES string of the molecule is CC(C)c1c(C(=O)NCc2ccc(F)c(F)c2)c2cc(F)c([N+](C)(C)C3CCCC3)cc2n1Cc1ccccc1. The predicted molar refractivity (Wildman–Crippen MR) is 155 cm³/mol. The number of carbonyl (C=O) groups is 1. The summed E-state index contributed by atoms with van der Waals surface area (Å²) >= 11 is 0. The standard InChI is InChI=1S/C33H36F3N3O/c1-21(2)32-31(33(40)37-19-23-14-15-26(34)27(35)16-23)25-17-28(36)30(39(3,4)24-12-8-9-13-24)18-29(25)38(32)20-22-10-6-5-7-11-22/h5-7,10-11,14-18,21,24H,8-9,12-13,19-20H2,1-4H3/p+1. The molecule has 1 heterocycles. The third-order valence-corrected chi connectivity index (χ3v) is 8.43. The summed E-state index contributed by atoms with van der Waals surface area (Å²) in [5.41, 5.74) is 4.17. The molecule has 1 aliphatic rings. The maximum Gasteiger partial charge on any atom is 0.254 e. The second-order valence-corrected chi connectivity index (χ2v) is 11.7. The number of nitrogens with zero attached hydrogens (tertiary/aromatic N) is 2. The van der Waals surface area contributed by atoms with E-state index in [-0.39, 0.29) is 24.2 Å². The third-order valence-electron chi connectivity index (χ3n) is 8.43. The van der Waals surface area contributed by atoms with Crippen molar-refractivity contribution in [1.29, 1.82) is 0 Å². The minimum atomic E-state index is -0.966. The number of benzene rings is 3. The minimum absolute atomic E-state index is 0.0189. The highest BCUT2D eigenvalue weighted by molar-refractivity contribution is 6.09. The molecule has 7 heteroatoms. The fraction of sp³-hybridized carbons (Fsp3) is 0.364. The van der Waals surface area contributed by atoms with Gasteiger partial charge in [-0.05, 0) is 60.9 Å². The van der Waals surface area contributed by atoms with Crippen molar-refractivity contribution in [2.75, 3.05) is 14.1 Å². The van der Waals surface area contributed by atoms with Crippen LogP contribution in [-0.4, -0.2) is 30.6 Å². The van der Waals surface area contributed by atoms with E-state index >= 15 is 4.39 Å². The van der Waals surface area contributed by atoms with Gasteiger partial charge in [0.25, 0.3) is 5.91 Å². The highest BCUT2D eigenvalue weighted by Crippen LogP contribution is 2.39. The molecule has 0 atom stereocenters. The van der Waals surface area contributed by atoms with Gasteiger partial charge in [-0.25, -0.2) is 13.2 Å². The van der Waals surface area contributed by atoms with Crippen molar-refractivity contribution in [1.82, 2.24) is 14.4 Å². The summed E-state index contributed by atoms with van der Waals surface area (Å²) in [5.74, 6) is -2.64. The van der Waals surface area contributed by atoms with E-state index in [1.807, 2.05) is 50.2 Å². The number of amides is 1. The van der Waals surface area contributed by atoms with Crippen LogP contribution in [0.15, 0.2) is 60.7 Å². The Balaban J connectivity index is 1.64. The lowest BCUT2D eigenvalue weighted by atomic mass is 10.0. The van der Waals surface area contributed by atoms with Gasteiger partial charge in [-0.3, -0.25) is 9.28 Å². The molecule has 1 N–H and O–H groups in total. The van der Waals surface area contributed by atoms with Crippen molar-refractivity contribution in [3.8, 4) is 0 Å². The van der Waals surface area contributed by atoms with Gasteiger partial charge < -0.3 is 9.88 Å². The van der Waals surface area contributed by atoms with E-state index in [1.165, 1.54) is 12.1 Å². The van der Waals surface area contributed by atoms with Crippen LogP contribution >= 0.6 is 0 Å². The summed E-state index contributed by atoms with van der Waals surface area (Å²) in [6, 6.07) is 17.4. The molecule has 4 aromatic rings. The summed E-state index contributed by atoms with van der Waals surface area (Å²) in [4.78, 5) is 13.8. The molecule has 210 valence electrons. The van der Waals surface area contributed by atoms with Crippen LogP contribution in [-0.2, 0) is 13.1 Å². The van der Waals surface area contributed by atoms with E-state index < -0.39 is 11.6 Å². The molecule has 0 aliphatic heterocycles. The van der Waals surface area contributed by atoms with Gasteiger partial charge in [-0.2, -0.15) is 0 Å². The fourth-order valence-electron chi connectivity index (χ4n) is 6.26. The fourth-order valence-corrected chi connectivity index (χ4v) is 6.26. The van der Waals surface area contributed by atoms with Gasteiger partial charge in [0, 0.05) is 30.2 Å². The van der Waals surface area contributed by atoms with E-state index in [0.717, 1.165) is 54.6 Å². The average molecular weight is 549 g/mol. The van der Waals surface area contributed by atoms with E-state index in [4.69, 9.17) is 0 Å². The Hall–Kier alpha value is -3.58. The second kappa shape index (κ2) is 11.1. The first-order chi connectivity index (χ1) is 19.1. The molecule has 40 heavy (non-hydrogen) atoms. The summed E-state index contributed by atoms with van der Waals surface area (Å²) in [7, 11) is 4.15. The minimum Gasteiger partial charge on any atom is -0.348 e. The first kappa shape index (κ1) is 28.0. The molecule has 4 nitrogen and oxygen atoms in total. The molecular formula is C33H37F3N3O+. The van der Waals surface area contributed by atoms with Gasteiger partial charge in [0.1, 0.15) is 0 Å². The lowest BCUT2D eigenvalue weighted by Gasteiger charge is -2.36. The van der Waals surface area contributed by atoms with Crippen molar-refractivity contribution in [3.63, 3.8) is 0 Å². The molecular weight excluding hydrogens is 511 g/mol. The maximum absolute atomic E-state index is 16.0. The van der Waals surface area contributed by atoms with Crippen molar-refractivity contribution in [2.24, 2.45) is 0 Å². The number of rotatable bonds is 8. The number of carbonyl (C=O) groups excluding carboxylic acids is 1. The summed E-state index contributed by atoms with van der Waals surface area (Å²) in [6.45, 7) is 4.60. The van der Waals surface area contributed by atoms with Crippen LogP contribution in [0, 0.1) is 17.5 Å². The smallest absolute Gasteiger partial charge is 0.254 e. The Morgan fingerprint density at radius 3 is 2.27 bits per heavy atom. The van der Waals surface area contributed by atoms with Gasteiger partial charge in [0.15, 0.2) is 23.1 Å². The van der Waals surface area contributed by atoms with Crippen molar-refractivity contribution < 1.29 is 18.0 Å². The highest BCUT2D eigenvalue weighted by Gasteiger charge is 2.37. The number of halogens is 3. The third kappa shape index (κ3) is 5.27. The normalized spacial score (nSPS) is 14.4. The quantitative estimate of drug-likeness (QED) is 0.225. The number of nitrogens with one attached hydrogen (secondary N) is 1. The molecule has 1 aliphatic carbocycles. The van der Waals surface area contributed by atoms with Crippen molar-refractivity contribution in [3.05, 3.63) is 100 Å². The molecule has 1 aromatic heterocycles. The number of hydrogen-bond acceptors (Lipinski definition) is 1. The van der Waals surface area contributed by atoms with Crippen LogP contribution in [0.2, 0.25) is 0 Å². The molecule has 1 fully saturated rings. The summed E-state index contributed by atoms with van der Waals surface area (Å²) in [5, 5.41) is 3.42. The molecule has 0 bridgehead atoms. The Kier molecular flexibility index (Phi) is 7.78. The van der Waals surface area contributed by atoms with Crippen LogP contribution in [0.5, 0.6) is 0 Å². The Morgan fingerprint density at radius 1 is 0.925 bits per heavy atom. The first-order valence-corrected chi connectivity index (χ1v) is 14.0. The number of hydrogen-bond donors (Lipinski definition) is 1. The van der Waals surface area contributed by atoms with E-state index in [1.54, 1.807) is 0 Å². The lowest BCUT2D eigenvalue weighted by Crippen LogP contribution is -2.49. The average Bonchev–Trinajstić information content (AvgIpc) is 3.57. The Labute approximate surface area is 234 Å². The maximum atomic E-state index is 16.0. The molecule has 1 amide bonds. The van der Waals surface area contributed by atoms with Gasteiger partial charge in [0.05, 0.1) is 31.2 Å². The summed E-state index contributed by atoms with van der Waals surface area (Å²) in [6.07, 6.45) is 4.43. The zero-order valence-electron chi connectivity index (χ0n) is 23.6. The molecule has 0 saturated heterocycles. The lowest BCUT2D eigenvalue weighted by molar-refractivity contribution is 0.0951. The topological polar surface area (TPSA) is 34.0 Å². The van der Waals surface area contributed by atoms with Gasteiger partial charge in [0.2, 0.25) is 0 Å². The van der Waals surface area contributed by atoms with E-state index in [9.17, 15) is 13.6 Å². The zero-order chi connectivity index (χ0) is 28.6. The zero-order valence-corrected chi connectivity index (χ0v) is 23.6. The largest absolute Gasteiger partial charge is 0.348 e.